The van der Waals surface area contributed by atoms with Crippen LogP contribution in [0.2, 0.25) is 0 Å². The van der Waals surface area contributed by atoms with Crippen molar-refractivity contribution in [2.75, 3.05) is 26.2 Å². The molecule has 0 aromatic carbocycles. The highest BCUT2D eigenvalue weighted by Crippen LogP contribution is 2.09. The van der Waals surface area contributed by atoms with Crippen molar-refractivity contribution in [3.63, 3.8) is 0 Å². The molecule has 2 fully saturated rings. The van der Waals surface area contributed by atoms with Crippen molar-refractivity contribution in [2.45, 2.75) is 51.9 Å². The standard InChI is InChI=1S/C16H26N4O2/c21-15-7-12-19(13-17-8-3-1-4-9-17)16(22)20(15)14-18-10-5-2-6-11-18/h7,12H,1-6,8-11,13-14H2. The van der Waals surface area contributed by atoms with Gasteiger partial charge in [0.25, 0.3) is 5.56 Å². The van der Waals surface area contributed by atoms with Gasteiger partial charge in [0.05, 0.1) is 13.3 Å². The zero-order valence-corrected chi connectivity index (χ0v) is 13.2. The van der Waals surface area contributed by atoms with Crippen LogP contribution in [-0.4, -0.2) is 45.1 Å². The van der Waals surface area contributed by atoms with E-state index >= 15 is 0 Å². The van der Waals surface area contributed by atoms with E-state index in [4.69, 9.17) is 0 Å². The first-order valence-electron chi connectivity index (χ1n) is 8.49. The van der Waals surface area contributed by atoms with E-state index in [1.807, 2.05) is 0 Å². The Morgan fingerprint density at radius 1 is 0.773 bits per heavy atom. The molecular weight excluding hydrogens is 280 g/mol. The number of nitrogens with zero attached hydrogens (tertiary/aromatic N) is 4. The molecule has 22 heavy (non-hydrogen) atoms. The van der Waals surface area contributed by atoms with Crippen molar-refractivity contribution in [1.82, 2.24) is 18.9 Å². The summed E-state index contributed by atoms with van der Waals surface area (Å²) in [5.74, 6) is 0. The van der Waals surface area contributed by atoms with Crippen LogP contribution in [0, 0.1) is 0 Å². The zero-order valence-electron chi connectivity index (χ0n) is 13.2. The number of hydrogen-bond donors (Lipinski definition) is 0. The first-order chi connectivity index (χ1) is 10.7. The third-order valence-corrected chi connectivity index (χ3v) is 4.73. The number of likely N-dealkylation sites (tertiary alicyclic amines) is 2. The van der Waals surface area contributed by atoms with Crippen LogP contribution in [0.15, 0.2) is 21.9 Å². The molecule has 0 spiro atoms. The lowest BCUT2D eigenvalue weighted by molar-refractivity contribution is 0.161. The molecule has 3 heterocycles. The van der Waals surface area contributed by atoms with Crippen molar-refractivity contribution in [1.29, 1.82) is 0 Å². The van der Waals surface area contributed by atoms with E-state index in [0.29, 0.717) is 13.3 Å². The second-order valence-electron chi connectivity index (χ2n) is 6.47. The van der Waals surface area contributed by atoms with Crippen LogP contribution in [0.25, 0.3) is 0 Å². The summed E-state index contributed by atoms with van der Waals surface area (Å²) in [6.07, 6.45) is 8.88. The minimum absolute atomic E-state index is 0.177. The predicted molar refractivity (Wildman–Crippen MR) is 85.8 cm³/mol. The molecule has 2 aliphatic rings. The quantitative estimate of drug-likeness (QED) is 0.829. The van der Waals surface area contributed by atoms with Crippen molar-refractivity contribution in [2.24, 2.45) is 0 Å². The van der Waals surface area contributed by atoms with E-state index in [2.05, 4.69) is 9.80 Å². The maximum absolute atomic E-state index is 12.6. The van der Waals surface area contributed by atoms with Gasteiger partial charge in [-0.3, -0.25) is 19.2 Å². The second kappa shape index (κ2) is 7.24. The average Bonchev–Trinajstić information content (AvgIpc) is 2.56. The minimum Gasteiger partial charge on any atom is -0.287 e. The summed E-state index contributed by atoms with van der Waals surface area (Å²) < 4.78 is 3.06. The smallest absolute Gasteiger partial charge is 0.287 e. The molecule has 6 heteroatoms. The summed E-state index contributed by atoms with van der Waals surface area (Å²) in [7, 11) is 0. The van der Waals surface area contributed by atoms with E-state index in [-0.39, 0.29) is 11.2 Å². The van der Waals surface area contributed by atoms with Gasteiger partial charge in [0, 0.05) is 12.3 Å². The normalized spacial score (nSPS) is 21.1. The number of rotatable bonds is 4. The van der Waals surface area contributed by atoms with Crippen LogP contribution in [0.4, 0.5) is 0 Å². The molecule has 122 valence electrons. The van der Waals surface area contributed by atoms with Gasteiger partial charge in [0.2, 0.25) is 0 Å². The molecular formula is C16H26N4O2. The van der Waals surface area contributed by atoms with Gasteiger partial charge >= 0.3 is 5.69 Å². The highest BCUT2D eigenvalue weighted by Gasteiger charge is 2.15. The molecule has 0 aliphatic carbocycles. The Bertz CT molecular complexity index is 595. The Morgan fingerprint density at radius 2 is 1.32 bits per heavy atom. The Kier molecular flexibility index (Phi) is 5.10. The predicted octanol–water partition coefficient (Wildman–Crippen LogP) is 0.897. The van der Waals surface area contributed by atoms with Crippen LogP contribution in [0.1, 0.15) is 38.5 Å². The molecule has 0 atom stereocenters. The summed E-state index contributed by atoms with van der Waals surface area (Å²) in [6, 6.07) is 1.52. The fraction of sp³-hybridized carbons (Fsp3) is 0.750. The zero-order chi connectivity index (χ0) is 15.4. The molecule has 1 aromatic heterocycles. The van der Waals surface area contributed by atoms with Gasteiger partial charge in [-0.15, -0.1) is 0 Å². The fourth-order valence-corrected chi connectivity index (χ4v) is 3.41. The van der Waals surface area contributed by atoms with Crippen LogP contribution >= 0.6 is 0 Å². The van der Waals surface area contributed by atoms with Gasteiger partial charge in [0.15, 0.2) is 0 Å². The molecule has 1 aromatic rings. The van der Waals surface area contributed by atoms with Gasteiger partial charge in [-0.05, 0) is 51.9 Å². The lowest BCUT2D eigenvalue weighted by Crippen LogP contribution is -2.46. The van der Waals surface area contributed by atoms with E-state index in [9.17, 15) is 9.59 Å². The summed E-state index contributed by atoms with van der Waals surface area (Å²) in [4.78, 5) is 29.2. The van der Waals surface area contributed by atoms with Gasteiger partial charge < -0.3 is 0 Å². The van der Waals surface area contributed by atoms with E-state index in [1.165, 1.54) is 36.3 Å². The SMILES string of the molecule is O=c1ccn(CN2CCCCC2)c(=O)n1CN1CCCCC1. The highest BCUT2D eigenvalue weighted by atomic mass is 16.2. The fourth-order valence-electron chi connectivity index (χ4n) is 3.41. The average molecular weight is 306 g/mol. The monoisotopic (exact) mass is 306 g/mol. The molecule has 2 aliphatic heterocycles. The Labute approximate surface area is 131 Å². The summed E-state index contributed by atoms with van der Waals surface area (Å²) in [6.45, 7) is 5.06. The van der Waals surface area contributed by atoms with Crippen molar-refractivity contribution in [3.8, 4) is 0 Å². The molecule has 0 radical (unpaired) electrons. The maximum atomic E-state index is 12.6. The number of hydrogen-bond acceptors (Lipinski definition) is 4. The van der Waals surface area contributed by atoms with E-state index in [0.717, 1.165) is 39.0 Å². The molecule has 6 nitrogen and oxygen atoms in total. The molecule has 0 amide bonds. The lowest BCUT2D eigenvalue weighted by atomic mass is 10.1. The summed E-state index contributed by atoms with van der Waals surface area (Å²) in [5.41, 5.74) is -0.367. The summed E-state index contributed by atoms with van der Waals surface area (Å²) in [5, 5.41) is 0. The molecule has 3 rings (SSSR count). The maximum Gasteiger partial charge on any atom is 0.333 e. The Hall–Kier alpha value is -1.40. The highest BCUT2D eigenvalue weighted by molar-refractivity contribution is 4.87. The van der Waals surface area contributed by atoms with Crippen LogP contribution in [-0.2, 0) is 13.3 Å². The van der Waals surface area contributed by atoms with Gasteiger partial charge in [0.1, 0.15) is 0 Å². The van der Waals surface area contributed by atoms with Crippen LogP contribution < -0.4 is 11.2 Å². The molecule has 0 unspecified atom stereocenters. The topological polar surface area (TPSA) is 50.5 Å². The third-order valence-electron chi connectivity index (χ3n) is 4.73. The van der Waals surface area contributed by atoms with Crippen LogP contribution in [0.5, 0.6) is 0 Å². The first-order valence-corrected chi connectivity index (χ1v) is 8.49. The molecule has 0 bridgehead atoms. The molecule has 0 N–H and O–H groups in total. The third kappa shape index (κ3) is 3.67. The van der Waals surface area contributed by atoms with Crippen molar-refractivity contribution >= 4 is 0 Å². The second-order valence-corrected chi connectivity index (χ2v) is 6.47. The van der Waals surface area contributed by atoms with Gasteiger partial charge in [-0.25, -0.2) is 9.36 Å². The van der Waals surface area contributed by atoms with Crippen molar-refractivity contribution < 1.29 is 0 Å². The Morgan fingerprint density at radius 3 is 1.91 bits per heavy atom. The largest absolute Gasteiger partial charge is 0.333 e. The van der Waals surface area contributed by atoms with Crippen LogP contribution in [0.3, 0.4) is 0 Å². The van der Waals surface area contributed by atoms with Gasteiger partial charge in [-0.1, -0.05) is 12.8 Å². The molecule has 2 saturated heterocycles. The van der Waals surface area contributed by atoms with Crippen molar-refractivity contribution in [3.05, 3.63) is 33.1 Å². The summed E-state index contributed by atoms with van der Waals surface area (Å²) >= 11 is 0. The Balaban J connectivity index is 1.75. The van der Waals surface area contributed by atoms with Gasteiger partial charge in [-0.2, -0.15) is 0 Å². The van der Waals surface area contributed by atoms with E-state index in [1.54, 1.807) is 10.8 Å². The lowest BCUT2D eigenvalue weighted by Gasteiger charge is -2.28. The first kappa shape index (κ1) is 15.5. The van der Waals surface area contributed by atoms with E-state index < -0.39 is 0 Å². The molecule has 0 saturated carbocycles. The number of piperidine rings is 2. The number of aromatic nitrogens is 2. The minimum atomic E-state index is -0.189.